The molecule has 2 aliphatic heterocycles. The number of methoxy groups -OCH3 is 1. The molecule has 2 N–H and O–H groups in total. The number of hydrogen-bond acceptors (Lipinski definition) is 4. The number of piperazine rings is 1. The van der Waals surface area contributed by atoms with Crippen LogP contribution in [0.3, 0.4) is 0 Å². The van der Waals surface area contributed by atoms with Crippen LogP contribution in [0.1, 0.15) is 6.42 Å². The van der Waals surface area contributed by atoms with E-state index >= 15 is 0 Å². The van der Waals surface area contributed by atoms with Gasteiger partial charge in [0, 0.05) is 52.0 Å². The van der Waals surface area contributed by atoms with Crippen LogP contribution in [-0.4, -0.2) is 69.5 Å². The van der Waals surface area contributed by atoms with Crippen molar-refractivity contribution in [2.24, 2.45) is 10.7 Å². The lowest BCUT2D eigenvalue weighted by Gasteiger charge is -2.37. The largest absolute Gasteiger partial charge is 0.378 e. The van der Waals surface area contributed by atoms with Gasteiger partial charge in [-0.15, -0.1) is 0 Å². The number of halogens is 1. The van der Waals surface area contributed by atoms with Crippen LogP contribution in [-0.2, 0) is 9.47 Å². The van der Waals surface area contributed by atoms with Crippen molar-refractivity contribution in [2.45, 2.75) is 12.0 Å². The summed E-state index contributed by atoms with van der Waals surface area (Å²) in [5.74, 6) is 0.341. The van der Waals surface area contributed by atoms with Gasteiger partial charge < -0.3 is 25.0 Å². The Balaban J connectivity index is 1.53. The summed E-state index contributed by atoms with van der Waals surface area (Å²) in [6, 6.07) is 6.60. The predicted octanol–water partition coefficient (Wildman–Crippen LogP) is 1.07. The molecule has 0 amide bonds. The van der Waals surface area contributed by atoms with Gasteiger partial charge in [0.2, 0.25) is 0 Å². The van der Waals surface area contributed by atoms with Gasteiger partial charge in [0.05, 0.1) is 13.2 Å². The molecule has 0 radical (unpaired) electrons. The summed E-state index contributed by atoms with van der Waals surface area (Å²) < 4.78 is 24.0. The van der Waals surface area contributed by atoms with Crippen LogP contribution in [0.15, 0.2) is 29.3 Å². The average Bonchev–Trinajstić information content (AvgIpc) is 3.10. The first kappa shape index (κ1) is 17.0. The maximum Gasteiger partial charge on any atom is 0.191 e. The third kappa shape index (κ3) is 3.79. The Bertz CT molecular complexity index is 564. The van der Waals surface area contributed by atoms with Crippen molar-refractivity contribution in [3.05, 3.63) is 30.1 Å². The van der Waals surface area contributed by atoms with Crippen LogP contribution in [0.25, 0.3) is 0 Å². The van der Waals surface area contributed by atoms with E-state index in [0.29, 0.717) is 25.7 Å². The quantitative estimate of drug-likeness (QED) is 0.658. The first-order valence-corrected chi connectivity index (χ1v) is 8.30. The van der Waals surface area contributed by atoms with Crippen molar-refractivity contribution in [2.75, 3.05) is 57.9 Å². The molecule has 1 atom stereocenters. The Kier molecular flexibility index (Phi) is 5.20. The van der Waals surface area contributed by atoms with Gasteiger partial charge in [0.1, 0.15) is 11.4 Å². The number of ether oxygens (including phenoxy) is 2. The van der Waals surface area contributed by atoms with Gasteiger partial charge >= 0.3 is 0 Å². The fourth-order valence-corrected chi connectivity index (χ4v) is 3.11. The van der Waals surface area contributed by atoms with Gasteiger partial charge in [-0.1, -0.05) is 0 Å². The summed E-state index contributed by atoms with van der Waals surface area (Å²) in [7, 11) is 1.70. The zero-order chi connectivity index (χ0) is 17.0. The van der Waals surface area contributed by atoms with E-state index in [1.54, 1.807) is 7.11 Å². The smallest absolute Gasteiger partial charge is 0.191 e. The van der Waals surface area contributed by atoms with Crippen LogP contribution in [0.5, 0.6) is 0 Å². The molecule has 0 spiro atoms. The number of benzene rings is 1. The molecule has 3 rings (SSSR count). The third-order valence-corrected chi connectivity index (χ3v) is 4.82. The molecule has 2 aliphatic rings. The van der Waals surface area contributed by atoms with E-state index in [2.05, 4.69) is 14.8 Å². The van der Waals surface area contributed by atoms with Crippen molar-refractivity contribution >= 4 is 11.6 Å². The SMILES string of the molecule is COC1(CN=C(N)N2CCN(c3ccc(F)cc3)CC2)CCOC1. The normalized spacial score (nSPS) is 25.3. The molecule has 0 saturated carbocycles. The summed E-state index contributed by atoms with van der Waals surface area (Å²) in [6.45, 7) is 5.05. The minimum atomic E-state index is -0.333. The number of nitrogens with two attached hydrogens (primary N) is 1. The summed E-state index contributed by atoms with van der Waals surface area (Å²) in [5.41, 5.74) is 6.86. The fourth-order valence-electron chi connectivity index (χ4n) is 3.11. The fraction of sp³-hybridized carbons (Fsp3) is 0.588. The highest BCUT2D eigenvalue weighted by molar-refractivity contribution is 5.78. The van der Waals surface area contributed by atoms with Gasteiger partial charge in [0.15, 0.2) is 5.96 Å². The summed E-state index contributed by atoms with van der Waals surface area (Å²) in [4.78, 5) is 8.84. The Morgan fingerprint density at radius 2 is 2.00 bits per heavy atom. The van der Waals surface area contributed by atoms with Crippen molar-refractivity contribution < 1.29 is 13.9 Å². The molecule has 0 bridgehead atoms. The highest BCUT2D eigenvalue weighted by Gasteiger charge is 2.35. The second-order valence-corrected chi connectivity index (χ2v) is 6.31. The zero-order valence-corrected chi connectivity index (χ0v) is 14.1. The molecular formula is C17H25FN4O2. The van der Waals surface area contributed by atoms with E-state index < -0.39 is 0 Å². The highest BCUT2D eigenvalue weighted by Crippen LogP contribution is 2.23. The minimum absolute atomic E-state index is 0.211. The number of rotatable bonds is 4. The molecule has 1 aromatic carbocycles. The highest BCUT2D eigenvalue weighted by atomic mass is 19.1. The standard InChI is InChI=1S/C17H25FN4O2/c1-23-17(6-11-24-13-17)12-20-16(19)22-9-7-21(8-10-22)15-4-2-14(18)3-5-15/h2-5H,6-13H2,1H3,(H2,19,20). The Morgan fingerprint density at radius 3 is 2.58 bits per heavy atom. The average molecular weight is 336 g/mol. The zero-order valence-electron chi connectivity index (χ0n) is 14.1. The van der Waals surface area contributed by atoms with Gasteiger partial charge in [-0.3, -0.25) is 4.99 Å². The molecule has 0 aliphatic carbocycles. The molecule has 7 heteroatoms. The van der Waals surface area contributed by atoms with Crippen molar-refractivity contribution in [1.82, 2.24) is 4.90 Å². The van der Waals surface area contributed by atoms with Crippen molar-refractivity contribution in [3.8, 4) is 0 Å². The van der Waals surface area contributed by atoms with E-state index in [4.69, 9.17) is 15.2 Å². The van der Waals surface area contributed by atoms with Crippen molar-refractivity contribution in [3.63, 3.8) is 0 Å². The molecule has 2 saturated heterocycles. The van der Waals surface area contributed by atoms with E-state index in [-0.39, 0.29) is 11.4 Å². The maximum absolute atomic E-state index is 13.0. The number of guanidine groups is 1. The monoisotopic (exact) mass is 336 g/mol. The van der Waals surface area contributed by atoms with Gasteiger partial charge in [-0.05, 0) is 24.3 Å². The van der Waals surface area contributed by atoms with Crippen LogP contribution >= 0.6 is 0 Å². The van der Waals surface area contributed by atoms with E-state index in [0.717, 1.165) is 38.3 Å². The van der Waals surface area contributed by atoms with Gasteiger partial charge in [-0.25, -0.2) is 4.39 Å². The molecule has 1 unspecified atom stereocenters. The second-order valence-electron chi connectivity index (χ2n) is 6.31. The molecule has 24 heavy (non-hydrogen) atoms. The lowest BCUT2D eigenvalue weighted by atomic mass is 10.0. The second kappa shape index (κ2) is 7.36. The number of hydrogen-bond donors (Lipinski definition) is 1. The predicted molar refractivity (Wildman–Crippen MR) is 91.9 cm³/mol. The van der Waals surface area contributed by atoms with Crippen molar-refractivity contribution in [1.29, 1.82) is 0 Å². The third-order valence-electron chi connectivity index (χ3n) is 4.82. The topological polar surface area (TPSA) is 63.3 Å². The molecule has 1 aromatic rings. The molecular weight excluding hydrogens is 311 g/mol. The molecule has 0 aromatic heterocycles. The Morgan fingerprint density at radius 1 is 1.29 bits per heavy atom. The van der Waals surface area contributed by atoms with Crippen LogP contribution in [0, 0.1) is 5.82 Å². The first-order valence-electron chi connectivity index (χ1n) is 8.30. The lowest BCUT2D eigenvalue weighted by Crippen LogP contribution is -2.51. The number of nitrogens with zero attached hydrogens (tertiary/aromatic N) is 3. The van der Waals surface area contributed by atoms with Gasteiger partial charge in [0.25, 0.3) is 0 Å². The summed E-state index contributed by atoms with van der Waals surface area (Å²) in [5, 5.41) is 0. The number of aliphatic imine (C=N–C) groups is 1. The van der Waals surface area contributed by atoms with E-state index in [1.165, 1.54) is 12.1 Å². The van der Waals surface area contributed by atoms with Crippen LogP contribution < -0.4 is 10.6 Å². The van der Waals surface area contributed by atoms with Crippen LogP contribution in [0.4, 0.5) is 10.1 Å². The lowest BCUT2D eigenvalue weighted by molar-refractivity contribution is -0.00918. The molecule has 6 nitrogen and oxygen atoms in total. The van der Waals surface area contributed by atoms with E-state index in [9.17, 15) is 4.39 Å². The minimum Gasteiger partial charge on any atom is -0.378 e. The molecule has 132 valence electrons. The van der Waals surface area contributed by atoms with Crippen LogP contribution in [0.2, 0.25) is 0 Å². The molecule has 2 heterocycles. The Labute approximate surface area is 142 Å². The summed E-state index contributed by atoms with van der Waals surface area (Å²) in [6.07, 6.45) is 0.846. The maximum atomic E-state index is 13.0. The molecule has 2 fully saturated rings. The first-order chi connectivity index (χ1) is 11.6. The van der Waals surface area contributed by atoms with Gasteiger partial charge in [-0.2, -0.15) is 0 Å². The summed E-state index contributed by atoms with van der Waals surface area (Å²) >= 11 is 0. The number of anilines is 1. The van der Waals surface area contributed by atoms with E-state index in [1.807, 2.05) is 12.1 Å². The Hall–Kier alpha value is -1.86.